The van der Waals surface area contributed by atoms with Gasteiger partial charge in [0.05, 0.1) is 0 Å². The van der Waals surface area contributed by atoms with E-state index in [0.717, 1.165) is 25.7 Å². The molecule has 0 bridgehead atoms. The molecule has 0 saturated heterocycles. The summed E-state index contributed by atoms with van der Waals surface area (Å²) in [5, 5.41) is 0. The molecule has 1 aliphatic rings. The molecule has 0 heterocycles. The zero-order chi connectivity index (χ0) is 5.98. The molecular weight excluding hydrogens is 167 g/mol. The summed E-state index contributed by atoms with van der Waals surface area (Å²) in [6, 6.07) is 0. The van der Waals surface area contributed by atoms with Gasteiger partial charge in [-0.3, -0.25) is 0 Å². The van der Waals surface area contributed by atoms with Crippen molar-refractivity contribution in [3.8, 4) is 0 Å². The van der Waals surface area contributed by atoms with Gasteiger partial charge in [0.1, 0.15) is 0 Å². The van der Waals surface area contributed by atoms with Gasteiger partial charge in [-0.2, -0.15) is 0 Å². The van der Waals surface area contributed by atoms with E-state index in [0.29, 0.717) is 5.78 Å². The number of ketones is 1. The van der Waals surface area contributed by atoms with E-state index in [1.807, 2.05) is 0 Å². The maximum absolute atomic E-state index is 10.6. The van der Waals surface area contributed by atoms with Crippen LogP contribution in [0.1, 0.15) is 25.7 Å². The predicted molar refractivity (Wildman–Crippen MR) is 34.2 cm³/mol. The Balaban J connectivity index is 2.40. The summed E-state index contributed by atoms with van der Waals surface area (Å²) in [7, 11) is 0. The zero-order valence-electron chi connectivity index (χ0n) is 4.64. The summed E-state index contributed by atoms with van der Waals surface area (Å²) >= 11 is 2.96. The fourth-order valence-electron chi connectivity index (χ4n) is 0.808. The molecule has 1 nitrogen and oxygen atoms in total. The number of rotatable bonds is 0. The predicted octanol–water partition coefficient (Wildman–Crippen LogP) is 0.470. The zero-order valence-corrected chi connectivity index (χ0v) is 6.36. The van der Waals surface area contributed by atoms with E-state index in [2.05, 4.69) is 15.6 Å². The van der Waals surface area contributed by atoms with Crippen LogP contribution >= 0.6 is 0 Å². The van der Waals surface area contributed by atoms with E-state index >= 15 is 0 Å². The Hall–Kier alpha value is 0.0595. The molecule has 0 amide bonds. The third-order valence-corrected chi connectivity index (χ3v) is 2.22. The van der Waals surface area contributed by atoms with Crippen molar-refractivity contribution in [3.63, 3.8) is 0 Å². The van der Waals surface area contributed by atoms with Crippen molar-refractivity contribution in [3.05, 3.63) is 0 Å². The molecule has 0 spiro atoms. The first kappa shape index (κ1) is 6.18. The SMILES string of the molecule is O=C1CCC(=[Se])CC1. The van der Waals surface area contributed by atoms with Crippen molar-refractivity contribution < 1.29 is 4.79 Å². The fourth-order valence-corrected chi connectivity index (χ4v) is 1.24. The summed E-state index contributed by atoms with van der Waals surface area (Å²) in [4.78, 5) is 10.6. The van der Waals surface area contributed by atoms with E-state index < -0.39 is 0 Å². The maximum atomic E-state index is 10.6. The molecule has 0 unspecified atom stereocenters. The molecule has 0 N–H and O–H groups in total. The van der Waals surface area contributed by atoms with Crippen LogP contribution in [0.2, 0.25) is 0 Å². The van der Waals surface area contributed by atoms with Crippen molar-refractivity contribution in [1.29, 1.82) is 0 Å². The van der Waals surface area contributed by atoms with Crippen molar-refractivity contribution in [2.75, 3.05) is 0 Å². The fraction of sp³-hybridized carbons (Fsp3) is 0.667. The Bertz CT molecular complexity index is 100. The van der Waals surface area contributed by atoms with Crippen LogP contribution in [-0.2, 0) is 4.79 Å². The van der Waals surface area contributed by atoms with Gasteiger partial charge >= 0.3 is 56.3 Å². The topological polar surface area (TPSA) is 17.1 Å². The molecule has 0 aliphatic heterocycles. The van der Waals surface area contributed by atoms with Crippen molar-refractivity contribution in [2.24, 2.45) is 0 Å². The average Bonchev–Trinajstić information content (AvgIpc) is 1.77. The van der Waals surface area contributed by atoms with E-state index in [4.69, 9.17) is 0 Å². The molecule has 0 radical (unpaired) electrons. The van der Waals surface area contributed by atoms with Crippen LogP contribution in [0.5, 0.6) is 0 Å². The second-order valence-corrected chi connectivity index (χ2v) is 3.29. The van der Waals surface area contributed by atoms with Crippen LogP contribution in [0.4, 0.5) is 0 Å². The Morgan fingerprint density at radius 3 is 2.00 bits per heavy atom. The van der Waals surface area contributed by atoms with Gasteiger partial charge in [0.15, 0.2) is 0 Å². The average molecular weight is 175 g/mol. The molecule has 1 aliphatic carbocycles. The Morgan fingerprint density at radius 2 is 1.62 bits per heavy atom. The first-order valence-corrected chi connectivity index (χ1v) is 3.68. The molecule has 0 aromatic heterocycles. The summed E-state index contributed by atoms with van der Waals surface area (Å²) in [6.45, 7) is 0. The first-order chi connectivity index (χ1) is 3.79. The molecule has 8 heavy (non-hydrogen) atoms. The molecule has 1 saturated carbocycles. The molecule has 0 atom stereocenters. The Morgan fingerprint density at radius 1 is 1.12 bits per heavy atom. The molecule has 1 fully saturated rings. The Kier molecular flexibility index (Phi) is 1.98. The van der Waals surface area contributed by atoms with Crippen LogP contribution in [0.3, 0.4) is 0 Å². The first-order valence-electron chi connectivity index (χ1n) is 2.82. The second kappa shape index (κ2) is 2.56. The third-order valence-electron chi connectivity index (χ3n) is 1.37. The summed E-state index contributed by atoms with van der Waals surface area (Å²) in [5.74, 6) is 0.420. The van der Waals surface area contributed by atoms with Crippen molar-refractivity contribution >= 4 is 25.8 Å². The number of carbonyl (C=O) groups excluding carboxylic acids is 1. The van der Waals surface area contributed by atoms with Gasteiger partial charge in [-0.25, -0.2) is 0 Å². The number of carbonyl (C=O) groups is 1. The summed E-state index contributed by atoms with van der Waals surface area (Å²) in [6.07, 6.45) is 3.50. The van der Waals surface area contributed by atoms with Crippen LogP contribution in [0, 0.1) is 0 Å². The van der Waals surface area contributed by atoms with Gasteiger partial charge < -0.3 is 0 Å². The van der Waals surface area contributed by atoms with Gasteiger partial charge in [0.2, 0.25) is 0 Å². The Labute approximate surface area is 56.8 Å². The van der Waals surface area contributed by atoms with Crippen LogP contribution in [0.25, 0.3) is 0 Å². The number of hydrogen-bond donors (Lipinski definition) is 0. The third kappa shape index (κ3) is 1.53. The van der Waals surface area contributed by atoms with Gasteiger partial charge in [-0.05, 0) is 0 Å². The molecule has 2 heteroatoms. The molecule has 1 rings (SSSR count). The standard InChI is InChI=1S/C6H8OSe/c7-5-1-3-6(8)4-2-5/h1-4H2. The minimum absolute atomic E-state index is 0.420. The van der Waals surface area contributed by atoms with Gasteiger partial charge in [-0.15, -0.1) is 0 Å². The molecule has 0 aromatic rings. The van der Waals surface area contributed by atoms with Crippen LogP contribution in [-0.4, -0.2) is 25.8 Å². The van der Waals surface area contributed by atoms with E-state index in [-0.39, 0.29) is 0 Å². The quantitative estimate of drug-likeness (QED) is 0.489. The van der Waals surface area contributed by atoms with Crippen molar-refractivity contribution in [1.82, 2.24) is 0 Å². The van der Waals surface area contributed by atoms with Crippen LogP contribution < -0.4 is 0 Å². The molecular formula is C6H8OSe. The van der Waals surface area contributed by atoms with Gasteiger partial charge in [-0.1, -0.05) is 0 Å². The van der Waals surface area contributed by atoms with E-state index in [1.54, 1.807) is 0 Å². The molecule has 0 aromatic carbocycles. The normalized spacial score (nSPS) is 21.5. The summed E-state index contributed by atoms with van der Waals surface area (Å²) in [5.41, 5.74) is 0. The van der Waals surface area contributed by atoms with E-state index in [9.17, 15) is 4.79 Å². The number of hydrogen-bond acceptors (Lipinski definition) is 1. The van der Waals surface area contributed by atoms with Crippen molar-refractivity contribution in [2.45, 2.75) is 25.7 Å². The second-order valence-electron chi connectivity index (χ2n) is 2.08. The van der Waals surface area contributed by atoms with E-state index in [1.165, 1.54) is 4.42 Å². The monoisotopic (exact) mass is 176 g/mol. The number of Topliss-reactive ketones (excluding diaryl/α,β-unsaturated/α-hetero) is 1. The van der Waals surface area contributed by atoms with Crippen LogP contribution in [0.15, 0.2) is 0 Å². The molecule has 44 valence electrons. The summed E-state index contributed by atoms with van der Waals surface area (Å²) < 4.78 is 1.37. The minimum atomic E-state index is 0.420. The van der Waals surface area contributed by atoms with Gasteiger partial charge in [0.25, 0.3) is 0 Å². The van der Waals surface area contributed by atoms with Gasteiger partial charge in [0, 0.05) is 0 Å².